The van der Waals surface area contributed by atoms with Crippen LogP contribution < -0.4 is 10.1 Å². The number of aromatic nitrogens is 3. The van der Waals surface area contributed by atoms with Crippen LogP contribution in [0.15, 0.2) is 53.7 Å². The Morgan fingerprint density at radius 3 is 2.76 bits per heavy atom. The average molecular weight is 483 g/mol. The Kier molecular flexibility index (Phi) is 7.00. The lowest BCUT2D eigenvalue weighted by molar-refractivity contribution is -0.115. The predicted octanol–water partition coefficient (Wildman–Crippen LogP) is 5.77. The zero-order valence-electron chi connectivity index (χ0n) is 18.3. The lowest BCUT2D eigenvalue weighted by atomic mass is 10.2. The van der Waals surface area contributed by atoms with Gasteiger partial charge in [0.1, 0.15) is 23.2 Å². The molecule has 9 heteroatoms. The van der Waals surface area contributed by atoms with Crippen molar-refractivity contribution in [2.75, 3.05) is 5.32 Å². The first kappa shape index (κ1) is 22.9. The maximum Gasteiger partial charge on any atom is 0.232 e. The summed E-state index contributed by atoms with van der Waals surface area (Å²) < 4.78 is 20.8. The summed E-state index contributed by atoms with van der Waals surface area (Å²) in [5.74, 6) is 0.0775. The smallest absolute Gasteiger partial charge is 0.232 e. The molecule has 0 aliphatic carbocycles. The Balaban J connectivity index is 1.33. The lowest BCUT2D eigenvalue weighted by Crippen LogP contribution is -2.14. The zero-order chi connectivity index (χ0) is 23.4. The van der Waals surface area contributed by atoms with E-state index in [4.69, 9.17) is 4.74 Å². The number of hydrogen-bond acceptors (Lipinski definition) is 6. The molecule has 3 aromatic heterocycles. The molecule has 1 N–H and O–H groups in total. The fourth-order valence-electron chi connectivity index (χ4n) is 3.43. The Morgan fingerprint density at radius 1 is 1.21 bits per heavy atom. The predicted molar refractivity (Wildman–Crippen MR) is 130 cm³/mol. The van der Waals surface area contributed by atoms with Gasteiger partial charge >= 0.3 is 0 Å². The molecule has 0 saturated carbocycles. The first-order valence-corrected chi connectivity index (χ1v) is 12.0. The molecule has 170 valence electrons. The highest BCUT2D eigenvalue weighted by atomic mass is 32.1. The fraction of sp³-hybridized carbons (Fsp3) is 0.208. The van der Waals surface area contributed by atoms with Gasteiger partial charge in [-0.1, -0.05) is 6.08 Å². The van der Waals surface area contributed by atoms with Crippen LogP contribution in [0.25, 0.3) is 11.3 Å². The maximum atomic E-state index is 13.0. The van der Waals surface area contributed by atoms with Gasteiger partial charge in [-0.15, -0.1) is 29.3 Å². The SMILES string of the molecule is C=CCn1c(C)cc(-c2csc(NC(=O)Cc3csc(COc4ccc(F)cc4)n3)n2)c1C. The molecular formula is C24H23FN4O2S2. The monoisotopic (exact) mass is 482 g/mol. The van der Waals surface area contributed by atoms with Crippen LogP contribution in [0.3, 0.4) is 0 Å². The van der Waals surface area contributed by atoms with Gasteiger partial charge in [0.25, 0.3) is 0 Å². The van der Waals surface area contributed by atoms with Crippen LogP contribution in [-0.2, 0) is 24.4 Å². The van der Waals surface area contributed by atoms with Crippen molar-refractivity contribution in [2.24, 2.45) is 0 Å². The second-order valence-electron chi connectivity index (χ2n) is 7.42. The van der Waals surface area contributed by atoms with E-state index in [0.717, 1.165) is 34.2 Å². The quantitative estimate of drug-likeness (QED) is 0.308. The second kappa shape index (κ2) is 10.1. The normalized spacial score (nSPS) is 10.9. The number of carbonyl (C=O) groups is 1. The number of halogens is 1. The van der Waals surface area contributed by atoms with Crippen LogP contribution in [-0.4, -0.2) is 20.4 Å². The van der Waals surface area contributed by atoms with Crippen LogP contribution in [0.5, 0.6) is 5.75 Å². The third-order valence-corrected chi connectivity index (χ3v) is 6.66. The molecule has 3 heterocycles. The molecule has 0 unspecified atom stereocenters. The molecule has 0 aliphatic rings. The molecule has 4 rings (SSSR count). The summed E-state index contributed by atoms with van der Waals surface area (Å²) in [6.45, 7) is 8.94. The van der Waals surface area contributed by atoms with Crippen molar-refractivity contribution in [3.63, 3.8) is 0 Å². The topological polar surface area (TPSA) is 69.0 Å². The highest BCUT2D eigenvalue weighted by Gasteiger charge is 2.15. The highest BCUT2D eigenvalue weighted by molar-refractivity contribution is 7.14. The summed E-state index contributed by atoms with van der Waals surface area (Å²) in [7, 11) is 0. The number of rotatable bonds is 9. The standard InChI is InChI=1S/C24H23FN4O2S2/c1-4-9-29-15(2)10-20(16(29)3)21-14-33-24(27-21)28-22(30)11-18-13-32-23(26-18)12-31-19-7-5-17(25)6-8-19/h4-8,10,13-14H,1,9,11-12H2,2-3H3,(H,27,28,30). The van der Waals surface area contributed by atoms with E-state index >= 15 is 0 Å². The molecule has 0 atom stereocenters. The molecule has 0 radical (unpaired) electrons. The molecule has 0 fully saturated rings. The minimum atomic E-state index is -0.311. The number of amides is 1. The average Bonchev–Trinajstić information content (AvgIpc) is 3.50. The van der Waals surface area contributed by atoms with Gasteiger partial charge in [0.15, 0.2) is 5.13 Å². The van der Waals surface area contributed by atoms with Crippen LogP contribution in [0.2, 0.25) is 0 Å². The largest absolute Gasteiger partial charge is 0.486 e. The molecule has 0 bridgehead atoms. The third kappa shape index (κ3) is 5.55. The van der Waals surface area contributed by atoms with Gasteiger partial charge in [-0.2, -0.15) is 0 Å². The number of carbonyl (C=O) groups excluding carboxylic acids is 1. The number of hydrogen-bond donors (Lipinski definition) is 1. The number of benzene rings is 1. The Hall–Kier alpha value is -3.30. The minimum absolute atomic E-state index is 0.149. The van der Waals surface area contributed by atoms with Gasteiger partial charge in [0.2, 0.25) is 5.91 Å². The van der Waals surface area contributed by atoms with Crippen molar-refractivity contribution < 1.29 is 13.9 Å². The molecule has 1 amide bonds. The summed E-state index contributed by atoms with van der Waals surface area (Å²) in [5.41, 5.74) is 4.82. The van der Waals surface area contributed by atoms with Crippen molar-refractivity contribution in [1.82, 2.24) is 14.5 Å². The maximum absolute atomic E-state index is 13.0. The van der Waals surface area contributed by atoms with E-state index in [1.807, 2.05) is 16.8 Å². The van der Waals surface area contributed by atoms with Crippen molar-refractivity contribution in [3.05, 3.63) is 81.7 Å². The molecule has 0 aliphatic heterocycles. The van der Waals surface area contributed by atoms with Crippen LogP contribution in [0, 0.1) is 19.7 Å². The molecule has 0 spiro atoms. The van der Waals surface area contributed by atoms with Crippen molar-refractivity contribution >= 4 is 33.7 Å². The summed E-state index contributed by atoms with van der Waals surface area (Å²) in [5, 5.41) is 7.95. The first-order valence-electron chi connectivity index (χ1n) is 10.3. The van der Waals surface area contributed by atoms with Gasteiger partial charge in [-0.25, -0.2) is 14.4 Å². The zero-order valence-corrected chi connectivity index (χ0v) is 19.9. The summed E-state index contributed by atoms with van der Waals surface area (Å²) >= 11 is 2.81. The molecular weight excluding hydrogens is 459 g/mol. The van der Waals surface area contributed by atoms with Crippen molar-refractivity contribution in [1.29, 1.82) is 0 Å². The van der Waals surface area contributed by atoms with Crippen molar-refractivity contribution in [3.8, 4) is 17.0 Å². The van der Waals surface area contributed by atoms with E-state index in [9.17, 15) is 9.18 Å². The number of nitrogens with zero attached hydrogens (tertiary/aromatic N) is 3. The third-order valence-electron chi connectivity index (χ3n) is 5.03. The summed E-state index contributed by atoms with van der Waals surface area (Å²) in [6.07, 6.45) is 2.02. The van der Waals surface area contributed by atoms with Gasteiger partial charge in [-0.3, -0.25) is 4.79 Å². The minimum Gasteiger partial charge on any atom is -0.486 e. The lowest BCUT2D eigenvalue weighted by Gasteiger charge is -2.05. The number of allylic oxidation sites excluding steroid dienone is 1. The van der Waals surface area contributed by atoms with Crippen LogP contribution >= 0.6 is 22.7 Å². The van der Waals surface area contributed by atoms with E-state index in [1.165, 1.54) is 34.8 Å². The highest BCUT2D eigenvalue weighted by Crippen LogP contribution is 2.30. The molecule has 6 nitrogen and oxygen atoms in total. The molecule has 33 heavy (non-hydrogen) atoms. The van der Waals surface area contributed by atoms with Gasteiger partial charge in [0, 0.05) is 34.3 Å². The number of anilines is 1. The first-order chi connectivity index (χ1) is 15.9. The van der Waals surface area contributed by atoms with Crippen LogP contribution in [0.4, 0.5) is 9.52 Å². The number of aryl methyl sites for hydroxylation is 1. The molecule has 0 saturated heterocycles. The molecule has 4 aromatic rings. The van der Waals surface area contributed by atoms with Gasteiger partial charge in [-0.05, 0) is 44.2 Å². The number of ether oxygens (including phenoxy) is 1. The van der Waals surface area contributed by atoms with E-state index < -0.39 is 0 Å². The second-order valence-corrected chi connectivity index (χ2v) is 9.22. The summed E-state index contributed by atoms with van der Waals surface area (Å²) in [4.78, 5) is 21.5. The van der Waals surface area contributed by atoms with E-state index in [-0.39, 0.29) is 24.8 Å². The Bertz CT molecular complexity index is 1270. The van der Waals surface area contributed by atoms with Gasteiger partial charge < -0.3 is 14.6 Å². The molecule has 1 aromatic carbocycles. The number of thiazole rings is 2. The summed E-state index contributed by atoms with van der Waals surface area (Å²) in [6, 6.07) is 7.92. The Morgan fingerprint density at radius 2 is 2.00 bits per heavy atom. The van der Waals surface area contributed by atoms with E-state index in [0.29, 0.717) is 16.6 Å². The fourth-order valence-corrected chi connectivity index (χ4v) is 4.86. The van der Waals surface area contributed by atoms with Gasteiger partial charge in [0.05, 0.1) is 17.8 Å². The Labute approximate surface area is 199 Å². The van der Waals surface area contributed by atoms with Crippen molar-refractivity contribution in [2.45, 2.75) is 33.4 Å². The number of nitrogens with one attached hydrogen (secondary N) is 1. The van der Waals surface area contributed by atoms with E-state index in [1.54, 1.807) is 12.1 Å². The van der Waals surface area contributed by atoms with E-state index in [2.05, 4.69) is 46.3 Å². The van der Waals surface area contributed by atoms with Crippen LogP contribution in [0.1, 0.15) is 22.1 Å².